The molecule has 3 N–H and O–H groups in total. The van der Waals surface area contributed by atoms with Crippen LogP contribution in [-0.2, 0) is 0 Å². The van der Waals surface area contributed by atoms with E-state index in [1.165, 1.54) is 12.1 Å². The van der Waals surface area contributed by atoms with Crippen molar-refractivity contribution in [2.24, 2.45) is 5.73 Å². The Kier molecular flexibility index (Phi) is 3.68. The van der Waals surface area contributed by atoms with Crippen molar-refractivity contribution in [1.29, 1.82) is 0 Å². The summed E-state index contributed by atoms with van der Waals surface area (Å²) in [5.74, 6) is -0.629. The van der Waals surface area contributed by atoms with E-state index in [2.05, 4.69) is 0 Å². The Hall–Kier alpha value is -1.73. The van der Waals surface area contributed by atoms with Crippen LogP contribution in [0.25, 0.3) is 0 Å². The molecule has 0 amide bonds. The van der Waals surface area contributed by atoms with Crippen molar-refractivity contribution in [2.45, 2.75) is 18.4 Å². The number of nitro groups is 1. The summed E-state index contributed by atoms with van der Waals surface area (Å²) in [5.41, 5.74) is 5.48. The molecule has 1 fully saturated rings. The van der Waals surface area contributed by atoms with E-state index in [0.717, 1.165) is 6.07 Å². The maximum absolute atomic E-state index is 13.1. The van der Waals surface area contributed by atoms with E-state index in [1.807, 2.05) is 0 Å². The van der Waals surface area contributed by atoms with Gasteiger partial charge in [0.1, 0.15) is 11.5 Å². The number of rotatable bonds is 3. The van der Waals surface area contributed by atoms with E-state index in [-0.39, 0.29) is 12.3 Å². The van der Waals surface area contributed by atoms with E-state index in [4.69, 9.17) is 5.73 Å². The summed E-state index contributed by atoms with van der Waals surface area (Å²) < 4.78 is 13.1. The SMILES string of the molecule is NC1(CO)CCN(c2ccc(F)cc2[N+](=O)[O-])CC1. The number of hydrogen-bond acceptors (Lipinski definition) is 5. The van der Waals surface area contributed by atoms with E-state index in [0.29, 0.717) is 31.6 Å². The Morgan fingerprint density at radius 2 is 2.11 bits per heavy atom. The zero-order valence-electron chi connectivity index (χ0n) is 10.4. The number of nitro benzene ring substituents is 1. The zero-order valence-corrected chi connectivity index (χ0v) is 10.4. The number of hydrogen-bond donors (Lipinski definition) is 2. The summed E-state index contributed by atoms with van der Waals surface area (Å²) >= 11 is 0. The van der Waals surface area contributed by atoms with Crippen LogP contribution in [0, 0.1) is 15.9 Å². The van der Waals surface area contributed by atoms with Gasteiger partial charge >= 0.3 is 0 Å². The molecule has 0 spiro atoms. The minimum atomic E-state index is -0.629. The summed E-state index contributed by atoms with van der Waals surface area (Å²) in [6.07, 6.45) is 1.08. The van der Waals surface area contributed by atoms with E-state index < -0.39 is 16.3 Å². The molecule has 1 aromatic rings. The molecule has 1 aliphatic heterocycles. The van der Waals surface area contributed by atoms with Gasteiger partial charge in [0, 0.05) is 18.6 Å². The number of halogens is 1. The normalized spacial score (nSPS) is 18.4. The third kappa shape index (κ3) is 2.82. The number of aliphatic hydroxyl groups is 1. The monoisotopic (exact) mass is 269 g/mol. The van der Waals surface area contributed by atoms with Gasteiger partial charge in [0.15, 0.2) is 0 Å². The molecule has 0 aromatic heterocycles. The number of aliphatic hydroxyl groups excluding tert-OH is 1. The topological polar surface area (TPSA) is 92.6 Å². The average molecular weight is 269 g/mol. The molecule has 0 bridgehead atoms. The molecular formula is C12H16FN3O3. The maximum atomic E-state index is 13.1. The van der Waals surface area contributed by atoms with E-state index >= 15 is 0 Å². The van der Waals surface area contributed by atoms with Gasteiger partial charge in [-0.15, -0.1) is 0 Å². The van der Waals surface area contributed by atoms with Gasteiger partial charge in [0.25, 0.3) is 5.69 Å². The quantitative estimate of drug-likeness (QED) is 0.631. The first-order valence-corrected chi connectivity index (χ1v) is 6.04. The molecule has 19 heavy (non-hydrogen) atoms. The lowest BCUT2D eigenvalue weighted by atomic mass is 9.89. The lowest BCUT2D eigenvalue weighted by molar-refractivity contribution is -0.384. The second kappa shape index (κ2) is 5.10. The predicted octanol–water partition coefficient (Wildman–Crippen LogP) is 1.02. The third-order valence-corrected chi connectivity index (χ3v) is 3.55. The van der Waals surface area contributed by atoms with Gasteiger partial charge in [0.2, 0.25) is 0 Å². The first-order valence-electron chi connectivity index (χ1n) is 6.04. The number of benzene rings is 1. The van der Waals surface area contributed by atoms with Crippen LogP contribution in [0.5, 0.6) is 0 Å². The largest absolute Gasteiger partial charge is 0.394 e. The molecule has 0 unspecified atom stereocenters. The van der Waals surface area contributed by atoms with Gasteiger partial charge in [-0.05, 0) is 25.0 Å². The first-order chi connectivity index (χ1) is 8.95. The molecule has 0 atom stereocenters. The van der Waals surface area contributed by atoms with Crippen LogP contribution in [0.3, 0.4) is 0 Å². The molecule has 104 valence electrons. The van der Waals surface area contributed by atoms with Crippen molar-refractivity contribution in [1.82, 2.24) is 0 Å². The summed E-state index contributed by atoms with van der Waals surface area (Å²) in [6.45, 7) is 0.902. The number of piperidine rings is 1. The summed E-state index contributed by atoms with van der Waals surface area (Å²) in [7, 11) is 0. The van der Waals surface area contributed by atoms with E-state index in [9.17, 15) is 19.6 Å². The average Bonchev–Trinajstić information content (AvgIpc) is 2.40. The number of nitrogens with two attached hydrogens (primary N) is 1. The standard InChI is InChI=1S/C12H16FN3O3/c13-9-1-2-10(11(7-9)16(18)19)15-5-3-12(14,8-17)4-6-15/h1-2,7,17H,3-6,8,14H2. The van der Waals surface area contributed by atoms with Crippen molar-refractivity contribution >= 4 is 11.4 Å². The summed E-state index contributed by atoms with van der Waals surface area (Å²) in [5, 5.41) is 20.1. The fourth-order valence-electron chi connectivity index (χ4n) is 2.26. The highest BCUT2D eigenvalue weighted by atomic mass is 19.1. The van der Waals surface area contributed by atoms with Gasteiger partial charge in [-0.25, -0.2) is 4.39 Å². The van der Waals surface area contributed by atoms with E-state index in [1.54, 1.807) is 4.90 Å². The molecule has 0 radical (unpaired) electrons. The van der Waals surface area contributed by atoms with Crippen LogP contribution in [0.1, 0.15) is 12.8 Å². The lowest BCUT2D eigenvalue weighted by Gasteiger charge is -2.38. The molecule has 1 aliphatic rings. The molecule has 1 saturated heterocycles. The highest BCUT2D eigenvalue weighted by Crippen LogP contribution is 2.32. The van der Waals surface area contributed by atoms with Crippen molar-refractivity contribution in [3.05, 3.63) is 34.1 Å². The van der Waals surface area contributed by atoms with Crippen molar-refractivity contribution < 1.29 is 14.4 Å². The number of anilines is 1. The van der Waals surface area contributed by atoms with Crippen LogP contribution in [0.4, 0.5) is 15.8 Å². The van der Waals surface area contributed by atoms with Gasteiger partial charge in [-0.1, -0.05) is 0 Å². The van der Waals surface area contributed by atoms with Crippen LogP contribution in [0.2, 0.25) is 0 Å². The van der Waals surface area contributed by atoms with Crippen LogP contribution in [-0.4, -0.2) is 35.3 Å². The third-order valence-electron chi connectivity index (χ3n) is 3.55. The van der Waals surface area contributed by atoms with Crippen LogP contribution >= 0.6 is 0 Å². The molecule has 1 aromatic carbocycles. The van der Waals surface area contributed by atoms with Gasteiger partial charge in [-0.2, -0.15) is 0 Å². The van der Waals surface area contributed by atoms with Gasteiger partial charge in [0.05, 0.1) is 17.6 Å². The number of nitrogens with zero attached hydrogens (tertiary/aromatic N) is 2. The van der Waals surface area contributed by atoms with Crippen molar-refractivity contribution in [3.63, 3.8) is 0 Å². The Balaban J connectivity index is 2.22. The minimum absolute atomic E-state index is 0.105. The molecule has 6 nitrogen and oxygen atoms in total. The molecular weight excluding hydrogens is 253 g/mol. The Labute approximate surface area is 109 Å². The molecule has 0 aliphatic carbocycles. The lowest BCUT2D eigenvalue weighted by Crippen LogP contribution is -2.53. The van der Waals surface area contributed by atoms with Crippen LogP contribution < -0.4 is 10.6 Å². The summed E-state index contributed by atoms with van der Waals surface area (Å²) in [4.78, 5) is 12.2. The smallest absolute Gasteiger partial charge is 0.295 e. The predicted molar refractivity (Wildman–Crippen MR) is 68.5 cm³/mol. The summed E-state index contributed by atoms with van der Waals surface area (Å²) in [6, 6.07) is 3.54. The Bertz CT molecular complexity index is 487. The Morgan fingerprint density at radius 1 is 1.47 bits per heavy atom. The molecule has 2 rings (SSSR count). The zero-order chi connectivity index (χ0) is 14.0. The fourth-order valence-corrected chi connectivity index (χ4v) is 2.26. The first kappa shape index (κ1) is 13.7. The van der Waals surface area contributed by atoms with Crippen molar-refractivity contribution in [2.75, 3.05) is 24.6 Å². The molecule has 0 saturated carbocycles. The van der Waals surface area contributed by atoms with Gasteiger partial charge < -0.3 is 15.7 Å². The highest BCUT2D eigenvalue weighted by molar-refractivity contribution is 5.63. The highest BCUT2D eigenvalue weighted by Gasteiger charge is 2.32. The Morgan fingerprint density at radius 3 is 2.63 bits per heavy atom. The van der Waals surface area contributed by atoms with Crippen LogP contribution in [0.15, 0.2) is 18.2 Å². The second-order valence-electron chi connectivity index (χ2n) is 4.90. The van der Waals surface area contributed by atoms with Crippen molar-refractivity contribution in [3.8, 4) is 0 Å². The maximum Gasteiger partial charge on any atom is 0.295 e. The molecule has 1 heterocycles. The minimum Gasteiger partial charge on any atom is -0.394 e. The molecule has 7 heteroatoms. The second-order valence-corrected chi connectivity index (χ2v) is 4.90. The van der Waals surface area contributed by atoms with Gasteiger partial charge in [-0.3, -0.25) is 10.1 Å². The fraction of sp³-hybridized carbons (Fsp3) is 0.500.